The van der Waals surface area contributed by atoms with Crippen molar-refractivity contribution in [1.29, 1.82) is 0 Å². The monoisotopic (exact) mass is 250 g/mol. The van der Waals surface area contributed by atoms with E-state index in [-0.39, 0.29) is 0 Å². The molecule has 3 rings (SSSR count). The second-order valence-electron chi connectivity index (χ2n) is 4.90. The molecule has 96 valence electrons. The summed E-state index contributed by atoms with van der Waals surface area (Å²) in [5, 5.41) is 0. The third-order valence-corrected chi connectivity index (χ3v) is 3.52. The van der Waals surface area contributed by atoms with E-state index in [1.54, 1.807) is 0 Å². The average molecular weight is 250 g/mol. The van der Waals surface area contributed by atoms with Gasteiger partial charge in [0.05, 0.1) is 0 Å². The predicted octanol–water partition coefficient (Wildman–Crippen LogP) is 3.85. The highest BCUT2D eigenvalue weighted by Gasteiger charge is 2.11. The number of rotatable bonds is 3. The van der Waals surface area contributed by atoms with Gasteiger partial charge in [-0.05, 0) is 48.2 Å². The Kier molecular flexibility index (Phi) is 3.59. The third-order valence-electron chi connectivity index (χ3n) is 3.52. The van der Waals surface area contributed by atoms with E-state index in [0.717, 1.165) is 0 Å². The van der Waals surface area contributed by atoms with Gasteiger partial charge in [0.25, 0.3) is 0 Å². The van der Waals surface area contributed by atoms with Crippen molar-refractivity contribution in [3.63, 3.8) is 0 Å². The molecule has 1 saturated heterocycles. The summed E-state index contributed by atoms with van der Waals surface area (Å²) in [4.78, 5) is 6.49. The van der Waals surface area contributed by atoms with Gasteiger partial charge in [0.2, 0.25) is 0 Å². The standard InChI is InChI=1S/C17H18N2/c1-2-13-19(12-1)17-5-3-4-16(14-17)7-6-15-8-10-18-11-9-15/h3-11,14H,1-2,12-13H2. The van der Waals surface area contributed by atoms with Crippen molar-refractivity contribution < 1.29 is 0 Å². The van der Waals surface area contributed by atoms with Crippen LogP contribution in [0.15, 0.2) is 48.8 Å². The van der Waals surface area contributed by atoms with E-state index in [1.807, 2.05) is 24.5 Å². The van der Waals surface area contributed by atoms with E-state index < -0.39 is 0 Å². The van der Waals surface area contributed by atoms with Gasteiger partial charge in [-0.3, -0.25) is 4.98 Å². The van der Waals surface area contributed by atoms with Crippen LogP contribution in [0.3, 0.4) is 0 Å². The van der Waals surface area contributed by atoms with E-state index in [9.17, 15) is 0 Å². The van der Waals surface area contributed by atoms with Crippen molar-refractivity contribution in [1.82, 2.24) is 4.98 Å². The molecule has 1 aliphatic rings. The van der Waals surface area contributed by atoms with Gasteiger partial charge in [0, 0.05) is 31.2 Å². The molecule has 2 heterocycles. The van der Waals surface area contributed by atoms with Gasteiger partial charge in [-0.15, -0.1) is 0 Å². The molecule has 2 nitrogen and oxygen atoms in total. The fraction of sp³-hybridized carbons (Fsp3) is 0.235. The Morgan fingerprint density at radius 3 is 2.42 bits per heavy atom. The SMILES string of the molecule is C(=Cc1cccc(N2CCCC2)c1)c1ccncc1. The van der Waals surface area contributed by atoms with Crippen molar-refractivity contribution in [2.75, 3.05) is 18.0 Å². The summed E-state index contributed by atoms with van der Waals surface area (Å²) in [6.07, 6.45) is 10.6. The summed E-state index contributed by atoms with van der Waals surface area (Å²) < 4.78 is 0. The minimum atomic E-state index is 1.18. The first-order valence-electron chi connectivity index (χ1n) is 6.85. The first-order chi connectivity index (χ1) is 9.42. The van der Waals surface area contributed by atoms with E-state index in [4.69, 9.17) is 0 Å². The summed E-state index contributed by atoms with van der Waals surface area (Å²) in [5.74, 6) is 0. The van der Waals surface area contributed by atoms with Crippen molar-refractivity contribution in [2.45, 2.75) is 12.8 Å². The maximum atomic E-state index is 4.03. The van der Waals surface area contributed by atoms with Gasteiger partial charge in [-0.2, -0.15) is 0 Å². The lowest BCUT2D eigenvalue weighted by Gasteiger charge is -2.17. The third kappa shape index (κ3) is 3.02. The summed E-state index contributed by atoms with van der Waals surface area (Å²) in [7, 11) is 0. The molecular weight excluding hydrogens is 232 g/mol. The summed E-state index contributed by atoms with van der Waals surface area (Å²) in [6, 6.07) is 12.8. The molecule has 0 spiro atoms. The molecule has 19 heavy (non-hydrogen) atoms. The largest absolute Gasteiger partial charge is 0.372 e. The van der Waals surface area contributed by atoms with Crippen molar-refractivity contribution in [3.05, 3.63) is 59.9 Å². The minimum Gasteiger partial charge on any atom is -0.372 e. The molecule has 1 aromatic heterocycles. The van der Waals surface area contributed by atoms with Crippen LogP contribution in [-0.2, 0) is 0 Å². The maximum absolute atomic E-state index is 4.03. The van der Waals surface area contributed by atoms with Crippen LogP contribution in [0.1, 0.15) is 24.0 Å². The number of aromatic nitrogens is 1. The molecule has 2 heteroatoms. The topological polar surface area (TPSA) is 16.1 Å². The highest BCUT2D eigenvalue weighted by molar-refractivity contribution is 5.71. The Bertz CT molecular complexity index is 554. The fourth-order valence-corrected chi connectivity index (χ4v) is 2.47. The van der Waals surface area contributed by atoms with Crippen molar-refractivity contribution in [2.24, 2.45) is 0 Å². The Morgan fingerprint density at radius 2 is 1.63 bits per heavy atom. The number of benzene rings is 1. The van der Waals surface area contributed by atoms with Crippen LogP contribution in [0.2, 0.25) is 0 Å². The molecule has 0 saturated carbocycles. The minimum absolute atomic E-state index is 1.18. The molecule has 1 aromatic carbocycles. The van der Waals surface area contributed by atoms with E-state index >= 15 is 0 Å². The molecule has 1 fully saturated rings. The zero-order valence-corrected chi connectivity index (χ0v) is 11.0. The smallest absolute Gasteiger partial charge is 0.0372 e. The molecule has 0 N–H and O–H groups in total. The summed E-state index contributed by atoms with van der Waals surface area (Å²) in [6.45, 7) is 2.38. The van der Waals surface area contributed by atoms with Crippen LogP contribution in [0.5, 0.6) is 0 Å². The molecule has 0 aliphatic carbocycles. The second kappa shape index (κ2) is 5.70. The van der Waals surface area contributed by atoms with Crippen molar-refractivity contribution >= 4 is 17.8 Å². The lowest BCUT2D eigenvalue weighted by Crippen LogP contribution is -2.17. The Labute approximate surface area is 114 Å². The zero-order chi connectivity index (χ0) is 12.9. The lowest BCUT2D eigenvalue weighted by atomic mass is 10.1. The molecule has 2 aromatic rings. The maximum Gasteiger partial charge on any atom is 0.0372 e. The van der Waals surface area contributed by atoms with Gasteiger partial charge in [0.15, 0.2) is 0 Å². The number of hydrogen-bond donors (Lipinski definition) is 0. The molecule has 0 amide bonds. The molecule has 0 bridgehead atoms. The Hall–Kier alpha value is -2.09. The molecule has 0 unspecified atom stereocenters. The number of nitrogens with zero attached hydrogens (tertiary/aromatic N) is 2. The summed E-state index contributed by atoms with van der Waals surface area (Å²) in [5.41, 5.74) is 3.78. The Morgan fingerprint density at radius 1 is 0.895 bits per heavy atom. The normalized spacial score (nSPS) is 15.3. The predicted molar refractivity (Wildman–Crippen MR) is 81.1 cm³/mol. The van der Waals surface area contributed by atoms with Gasteiger partial charge >= 0.3 is 0 Å². The first kappa shape index (κ1) is 12.0. The summed E-state index contributed by atoms with van der Waals surface area (Å²) >= 11 is 0. The van der Waals surface area contributed by atoms with Crippen LogP contribution < -0.4 is 4.90 Å². The van der Waals surface area contributed by atoms with Gasteiger partial charge < -0.3 is 4.90 Å². The molecular formula is C17H18N2. The van der Waals surface area contributed by atoms with E-state index in [2.05, 4.69) is 46.3 Å². The van der Waals surface area contributed by atoms with Crippen molar-refractivity contribution in [3.8, 4) is 0 Å². The van der Waals surface area contributed by atoms with Crippen LogP contribution in [0.25, 0.3) is 12.2 Å². The van der Waals surface area contributed by atoms with Crippen LogP contribution >= 0.6 is 0 Å². The van der Waals surface area contributed by atoms with Gasteiger partial charge in [0.1, 0.15) is 0 Å². The van der Waals surface area contributed by atoms with Gasteiger partial charge in [-0.25, -0.2) is 0 Å². The fourth-order valence-electron chi connectivity index (χ4n) is 2.47. The lowest BCUT2D eigenvalue weighted by molar-refractivity contribution is 0.949. The van der Waals surface area contributed by atoms with Crippen LogP contribution in [0.4, 0.5) is 5.69 Å². The average Bonchev–Trinajstić information content (AvgIpc) is 3.01. The number of anilines is 1. The molecule has 1 aliphatic heterocycles. The number of hydrogen-bond acceptors (Lipinski definition) is 2. The van der Waals surface area contributed by atoms with Gasteiger partial charge in [-0.1, -0.05) is 24.3 Å². The molecule has 0 radical (unpaired) electrons. The highest BCUT2D eigenvalue weighted by Crippen LogP contribution is 2.22. The van der Waals surface area contributed by atoms with E-state index in [0.29, 0.717) is 0 Å². The zero-order valence-electron chi connectivity index (χ0n) is 11.0. The second-order valence-corrected chi connectivity index (χ2v) is 4.90. The Balaban J connectivity index is 1.78. The van der Waals surface area contributed by atoms with Crippen LogP contribution in [-0.4, -0.2) is 18.1 Å². The first-order valence-corrected chi connectivity index (χ1v) is 6.85. The quantitative estimate of drug-likeness (QED) is 0.822. The molecule has 0 atom stereocenters. The number of pyridine rings is 1. The van der Waals surface area contributed by atoms with E-state index in [1.165, 1.54) is 42.7 Å². The van der Waals surface area contributed by atoms with Crippen LogP contribution in [0, 0.1) is 0 Å². The highest BCUT2D eigenvalue weighted by atomic mass is 15.1.